The third-order valence-electron chi connectivity index (χ3n) is 4.65. The van der Waals surface area contributed by atoms with Gasteiger partial charge in [0.25, 0.3) is 11.7 Å². The summed E-state index contributed by atoms with van der Waals surface area (Å²) in [6.07, 6.45) is 5.01. The van der Waals surface area contributed by atoms with Crippen molar-refractivity contribution in [3.8, 4) is 17.2 Å². The molecule has 1 aliphatic heterocycles. The average Bonchev–Trinajstić information content (AvgIpc) is 3.12. The van der Waals surface area contributed by atoms with E-state index in [0.29, 0.717) is 23.8 Å². The number of ketones is 1. The van der Waals surface area contributed by atoms with Crippen LogP contribution in [0, 0.1) is 0 Å². The van der Waals surface area contributed by atoms with Gasteiger partial charge in [0.2, 0.25) is 5.75 Å². The topological polar surface area (TPSA) is 65.1 Å². The van der Waals surface area contributed by atoms with Crippen LogP contribution in [0.25, 0.3) is 0 Å². The number of Topliss-reactive ketones (excluding diaryl/α,β-unsaturated/α-hetero) is 1. The van der Waals surface area contributed by atoms with Crippen LogP contribution in [0.1, 0.15) is 49.4 Å². The van der Waals surface area contributed by atoms with Crippen LogP contribution in [-0.4, -0.2) is 50.5 Å². The second-order valence-corrected chi connectivity index (χ2v) is 6.18. The SMILES string of the molecule is CCCCC1CCCN1C(=O)C(=O)c1cc(OC)c(OC)c(OC)c1. The lowest BCUT2D eigenvalue weighted by Crippen LogP contribution is -2.40. The summed E-state index contributed by atoms with van der Waals surface area (Å²) < 4.78 is 15.8. The molecule has 0 aromatic heterocycles. The fourth-order valence-electron chi connectivity index (χ4n) is 3.31. The van der Waals surface area contributed by atoms with Crippen molar-refractivity contribution >= 4 is 11.7 Å². The molecule has 6 nitrogen and oxygen atoms in total. The summed E-state index contributed by atoms with van der Waals surface area (Å²) in [6, 6.07) is 3.22. The fourth-order valence-corrected chi connectivity index (χ4v) is 3.31. The molecule has 1 unspecified atom stereocenters. The Bertz CT molecular complexity index is 603. The lowest BCUT2D eigenvalue weighted by Gasteiger charge is -2.24. The first-order valence-electron chi connectivity index (χ1n) is 8.72. The Morgan fingerprint density at radius 2 is 1.76 bits per heavy atom. The van der Waals surface area contributed by atoms with Crippen LogP contribution in [-0.2, 0) is 4.79 Å². The molecule has 1 aromatic carbocycles. The van der Waals surface area contributed by atoms with Gasteiger partial charge in [-0.05, 0) is 31.4 Å². The lowest BCUT2D eigenvalue weighted by atomic mass is 10.1. The Morgan fingerprint density at radius 3 is 2.28 bits per heavy atom. The van der Waals surface area contributed by atoms with Gasteiger partial charge in [-0.2, -0.15) is 0 Å². The molecule has 0 bridgehead atoms. The van der Waals surface area contributed by atoms with E-state index in [1.807, 2.05) is 0 Å². The van der Waals surface area contributed by atoms with Gasteiger partial charge in [0, 0.05) is 18.2 Å². The molecule has 6 heteroatoms. The van der Waals surface area contributed by atoms with Gasteiger partial charge in [-0.25, -0.2) is 0 Å². The number of hydrogen-bond donors (Lipinski definition) is 0. The quantitative estimate of drug-likeness (QED) is 0.533. The second kappa shape index (κ2) is 8.74. The molecule has 0 N–H and O–H groups in total. The number of carbonyl (C=O) groups excluding carboxylic acids is 2. The first-order chi connectivity index (χ1) is 12.1. The largest absolute Gasteiger partial charge is 0.493 e. The Labute approximate surface area is 149 Å². The van der Waals surface area contributed by atoms with Gasteiger partial charge in [0.05, 0.1) is 21.3 Å². The molecule has 138 valence electrons. The molecule has 0 spiro atoms. The number of rotatable bonds is 8. The van der Waals surface area contributed by atoms with Gasteiger partial charge in [-0.15, -0.1) is 0 Å². The number of unbranched alkanes of at least 4 members (excludes halogenated alkanes) is 1. The number of carbonyl (C=O) groups is 2. The standard InChI is InChI=1S/C19H27NO5/c1-5-6-8-14-9-7-10-20(14)19(22)17(21)13-11-15(23-2)18(25-4)16(12-13)24-3/h11-12,14H,5-10H2,1-4H3. The molecule has 1 aliphatic rings. The van der Waals surface area contributed by atoms with Crippen LogP contribution < -0.4 is 14.2 Å². The average molecular weight is 349 g/mol. The van der Waals surface area contributed by atoms with Crippen molar-refractivity contribution in [3.05, 3.63) is 17.7 Å². The van der Waals surface area contributed by atoms with Crippen LogP contribution in [0.3, 0.4) is 0 Å². The number of methoxy groups -OCH3 is 3. The van der Waals surface area contributed by atoms with E-state index >= 15 is 0 Å². The van der Waals surface area contributed by atoms with Gasteiger partial charge < -0.3 is 19.1 Å². The van der Waals surface area contributed by atoms with Gasteiger partial charge in [-0.3, -0.25) is 9.59 Å². The maximum Gasteiger partial charge on any atom is 0.295 e. The zero-order valence-corrected chi connectivity index (χ0v) is 15.5. The van der Waals surface area contributed by atoms with E-state index in [1.54, 1.807) is 4.90 Å². The van der Waals surface area contributed by atoms with Crippen molar-refractivity contribution in [3.63, 3.8) is 0 Å². The maximum atomic E-state index is 12.7. The van der Waals surface area contributed by atoms with Crippen LogP contribution in [0.5, 0.6) is 17.2 Å². The van der Waals surface area contributed by atoms with E-state index < -0.39 is 11.7 Å². The third-order valence-corrected chi connectivity index (χ3v) is 4.65. The minimum absolute atomic E-state index is 0.165. The van der Waals surface area contributed by atoms with Crippen LogP contribution in [0.2, 0.25) is 0 Å². The first kappa shape index (κ1) is 19.1. The summed E-state index contributed by atoms with van der Waals surface area (Å²) in [5.41, 5.74) is 0.251. The molecule has 1 amide bonds. The van der Waals surface area contributed by atoms with E-state index in [2.05, 4.69) is 6.92 Å². The van der Waals surface area contributed by atoms with Crippen LogP contribution in [0.4, 0.5) is 0 Å². The first-order valence-corrected chi connectivity index (χ1v) is 8.72. The molecule has 25 heavy (non-hydrogen) atoms. The van der Waals surface area contributed by atoms with E-state index in [4.69, 9.17) is 14.2 Å². The number of likely N-dealkylation sites (tertiary alicyclic amines) is 1. The van der Waals surface area contributed by atoms with E-state index in [0.717, 1.165) is 32.1 Å². The highest BCUT2D eigenvalue weighted by atomic mass is 16.5. The fraction of sp³-hybridized carbons (Fsp3) is 0.579. The van der Waals surface area contributed by atoms with Gasteiger partial charge in [-0.1, -0.05) is 19.8 Å². The Hall–Kier alpha value is -2.24. The summed E-state index contributed by atoms with van der Waals surface area (Å²) in [7, 11) is 4.46. The maximum absolute atomic E-state index is 12.7. The summed E-state index contributed by atoms with van der Waals surface area (Å²) >= 11 is 0. The summed E-state index contributed by atoms with van der Waals surface area (Å²) in [5, 5.41) is 0. The molecule has 1 aromatic rings. The number of ether oxygens (including phenoxy) is 3. The number of nitrogens with zero attached hydrogens (tertiary/aromatic N) is 1. The summed E-state index contributed by atoms with van der Waals surface area (Å²) in [5.74, 6) is 0.135. The zero-order chi connectivity index (χ0) is 18.4. The summed E-state index contributed by atoms with van der Waals surface area (Å²) in [4.78, 5) is 27.2. The van der Waals surface area contributed by atoms with Gasteiger partial charge in [0.15, 0.2) is 11.5 Å². The van der Waals surface area contributed by atoms with Gasteiger partial charge in [0.1, 0.15) is 0 Å². The molecule has 1 heterocycles. The molecular formula is C19H27NO5. The Balaban J connectivity index is 2.26. The molecule has 0 radical (unpaired) electrons. The number of benzene rings is 1. The molecule has 1 saturated heterocycles. The highest BCUT2D eigenvalue weighted by Crippen LogP contribution is 2.38. The molecule has 0 saturated carbocycles. The van der Waals surface area contributed by atoms with Crippen molar-refractivity contribution in [2.75, 3.05) is 27.9 Å². The van der Waals surface area contributed by atoms with Crippen molar-refractivity contribution in [2.45, 2.75) is 45.1 Å². The molecule has 2 rings (SSSR count). The van der Waals surface area contributed by atoms with Crippen molar-refractivity contribution < 1.29 is 23.8 Å². The van der Waals surface area contributed by atoms with Crippen molar-refractivity contribution in [2.24, 2.45) is 0 Å². The minimum Gasteiger partial charge on any atom is -0.493 e. The third kappa shape index (κ3) is 4.06. The molecular weight excluding hydrogens is 322 g/mol. The van der Waals surface area contributed by atoms with E-state index in [1.165, 1.54) is 33.5 Å². The minimum atomic E-state index is -0.539. The predicted octanol–water partition coefficient (Wildman–Crippen LogP) is 3.08. The van der Waals surface area contributed by atoms with E-state index in [-0.39, 0.29) is 11.6 Å². The Kier molecular flexibility index (Phi) is 6.67. The zero-order valence-electron chi connectivity index (χ0n) is 15.5. The molecule has 1 fully saturated rings. The Morgan fingerprint density at radius 1 is 1.12 bits per heavy atom. The second-order valence-electron chi connectivity index (χ2n) is 6.18. The molecule has 1 atom stereocenters. The van der Waals surface area contributed by atoms with E-state index in [9.17, 15) is 9.59 Å². The highest BCUT2D eigenvalue weighted by Gasteiger charge is 2.33. The van der Waals surface area contributed by atoms with Crippen LogP contribution >= 0.6 is 0 Å². The molecule has 0 aliphatic carbocycles. The summed E-state index contributed by atoms with van der Waals surface area (Å²) in [6.45, 7) is 2.77. The van der Waals surface area contributed by atoms with Crippen molar-refractivity contribution in [1.82, 2.24) is 4.90 Å². The number of amides is 1. The lowest BCUT2D eigenvalue weighted by molar-refractivity contribution is -0.127. The monoisotopic (exact) mass is 349 g/mol. The predicted molar refractivity (Wildman–Crippen MR) is 94.7 cm³/mol. The highest BCUT2D eigenvalue weighted by molar-refractivity contribution is 6.43. The van der Waals surface area contributed by atoms with Gasteiger partial charge >= 0.3 is 0 Å². The smallest absolute Gasteiger partial charge is 0.295 e. The van der Waals surface area contributed by atoms with Crippen molar-refractivity contribution in [1.29, 1.82) is 0 Å². The number of hydrogen-bond acceptors (Lipinski definition) is 5. The normalized spacial score (nSPS) is 16.6. The van der Waals surface area contributed by atoms with Crippen LogP contribution in [0.15, 0.2) is 12.1 Å².